The van der Waals surface area contributed by atoms with Gasteiger partial charge >= 0.3 is 5.97 Å². The summed E-state index contributed by atoms with van der Waals surface area (Å²) in [5.74, 6) is 0.739. The smallest absolute Gasteiger partial charge is 0.316 e. The Balaban J connectivity index is 2.35. The zero-order valence-electron chi connectivity index (χ0n) is 12.4. The maximum absolute atomic E-state index is 12.0. The predicted molar refractivity (Wildman–Crippen MR) is 75.3 cm³/mol. The van der Waals surface area contributed by atoms with E-state index in [9.17, 15) is 9.59 Å². The number of esters is 1. The van der Waals surface area contributed by atoms with Crippen LogP contribution >= 0.6 is 0 Å². The van der Waals surface area contributed by atoms with Gasteiger partial charge in [0.25, 0.3) is 0 Å². The molecule has 108 valence electrons. The van der Waals surface area contributed by atoms with Gasteiger partial charge in [-0.1, -0.05) is 0 Å². The lowest BCUT2D eigenvalue weighted by Crippen LogP contribution is -2.25. The second-order valence-corrected chi connectivity index (χ2v) is 6.13. The molecule has 0 atom stereocenters. The summed E-state index contributed by atoms with van der Waals surface area (Å²) in [5.41, 5.74) is 0.770. The van der Waals surface area contributed by atoms with Crippen LogP contribution in [0.25, 0.3) is 0 Å². The average Bonchev–Trinajstić information content (AvgIpc) is 2.52. The highest BCUT2D eigenvalue weighted by Gasteiger charge is 2.26. The summed E-state index contributed by atoms with van der Waals surface area (Å²) in [7, 11) is 0. The number of hydrogen-bond acceptors (Lipinski definition) is 4. The van der Waals surface area contributed by atoms with Gasteiger partial charge in [0.05, 0.1) is 17.6 Å². The highest BCUT2D eigenvalue weighted by atomic mass is 16.5. The number of rotatable bonds is 1. The van der Waals surface area contributed by atoms with Crippen molar-refractivity contribution in [2.75, 3.05) is 6.61 Å². The third kappa shape index (κ3) is 3.00. The molecule has 0 unspecified atom stereocenters. The molecule has 0 bridgehead atoms. The van der Waals surface area contributed by atoms with E-state index in [0.29, 0.717) is 36.5 Å². The summed E-state index contributed by atoms with van der Waals surface area (Å²) < 4.78 is 11.0. The molecule has 0 radical (unpaired) electrons. The number of fused-ring (bicyclic) bond motifs is 1. The molecule has 1 aliphatic heterocycles. The van der Waals surface area contributed by atoms with Gasteiger partial charge in [-0.3, -0.25) is 9.59 Å². The Hall–Kier alpha value is -1.84. The monoisotopic (exact) mass is 276 g/mol. The summed E-state index contributed by atoms with van der Waals surface area (Å²) in [6, 6.07) is 3.39. The van der Waals surface area contributed by atoms with Crippen molar-refractivity contribution in [1.82, 2.24) is 0 Å². The molecule has 1 aliphatic rings. The first-order valence-electron chi connectivity index (χ1n) is 6.82. The van der Waals surface area contributed by atoms with Gasteiger partial charge in [-0.15, -0.1) is 0 Å². The number of ether oxygens (including phenoxy) is 2. The number of carbonyl (C=O) groups excluding carboxylic acids is 2. The van der Waals surface area contributed by atoms with E-state index in [4.69, 9.17) is 9.47 Å². The van der Waals surface area contributed by atoms with Gasteiger partial charge in [-0.2, -0.15) is 0 Å². The Morgan fingerprint density at radius 3 is 2.65 bits per heavy atom. The second kappa shape index (κ2) is 5.27. The van der Waals surface area contributed by atoms with Gasteiger partial charge in [0.1, 0.15) is 11.5 Å². The van der Waals surface area contributed by atoms with Crippen LogP contribution in [0.3, 0.4) is 0 Å². The van der Waals surface area contributed by atoms with E-state index in [-0.39, 0.29) is 11.8 Å². The Morgan fingerprint density at radius 1 is 1.30 bits per heavy atom. The topological polar surface area (TPSA) is 52.6 Å². The van der Waals surface area contributed by atoms with Crippen LogP contribution in [0.1, 0.15) is 49.5 Å². The van der Waals surface area contributed by atoms with Crippen LogP contribution in [0.2, 0.25) is 0 Å². The molecule has 2 rings (SSSR count). The quantitative estimate of drug-likeness (QED) is 0.583. The van der Waals surface area contributed by atoms with Crippen LogP contribution < -0.4 is 9.47 Å². The lowest BCUT2D eigenvalue weighted by molar-refractivity contribution is -0.143. The molecule has 4 heteroatoms. The van der Waals surface area contributed by atoms with E-state index < -0.39 is 5.41 Å². The van der Waals surface area contributed by atoms with Crippen molar-refractivity contribution in [2.24, 2.45) is 5.41 Å². The zero-order chi connectivity index (χ0) is 14.9. The van der Waals surface area contributed by atoms with Crippen molar-refractivity contribution in [1.29, 1.82) is 0 Å². The summed E-state index contributed by atoms with van der Waals surface area (Å²) in [6.07, 6.45) is 1.21. The molecular weight excluding hydrogens is 256 g/mol. The van der Waals surface area contributed by atoms with E-state index in [1.54, 1.807) is 32.9 Å². The van der Waals surface area contributed by atoms with Crippen molar-refractivity contribution in [3.63, 3.8) is 0 Å². The largest absolute Gasteiger partial charge is 0.493 e. The highest BCUT2D eigenvalue weighted by Crippen LogP contribution is 2.33. The van der Waals surface area contributed by atoms with Crippen LogP contribution in [-0.4, -0.2) is 18.4 Å². The standard InChI is InChI=1S/C16H20O4/c1-10-8-11-12(17)6-5-7-19-14(11)9-13(10)20-15(18)16(2,3)4/h8-9H,5-7H2,1-4H3. The number of carbonyl (C=O) groups is 2. The molecule has 0 aromatic heterocycles. The molecule has 1 aromatic rings. The summed E-state index contributed by atoms with van der Waals surface area (Å²) in [4.78, 5) is 23.9. The molecule has 0 N–H and O–H groups in total. The van der Waals surface area contributed by atoms with E-state index in [1.807, 2.05) is 6.92 Å². The van der Waals surface area contributed by atoms with Crippen LogP contribution in [0, 0.1) is 12.3 Å². The first-order chi connectivity index (χ1) is 9.29. The fraction of sp³-hybridized carbons (Fsp3) is 0.500. The molecule has 0 saturated heterocycles. The van der Waals surface area contributed by atoms with Gasteiger partial charge < -0.3 is 9.47 Å². The van der Waals surface area contributed by atoms with Crippen LogP contribution in [-0.2, 0) is 4.79 Å². The molecule has 4 nitrogen and oxygen atoms in total. The Bertz CT molecular complexity index is 552. The predicted octanol–water partition coefficient (Wildman–Crippen LogP) is 3.30. The first-order valence-corrected chi connectivity index (χ1v) is 6.82. The first kappa shape index (κ1) is 14.6. The molecule has 0 saturated carbocycles. The van der Waals surface area contributed by atoms with E-state index >= 15 is 0 Å². The van der Waals surface area contributed by atoms with E-state index in [1.165, 1.54) is 0 Å². The third-order valence-electron chi connectivity index (χ3n) is 3.20. The minimum atomic E-state index is -0.574. The molecule has 20 heavy (non-hydrogen) atoms. The second-order valence-electron chi connectivity index (χ2n) is 6.13. The van der Waals surface area contributed by atoms with Crippen molar-refractivity contribution in [3.05, 3.63) is 23.3 Å². The third-order valence-corrected chi connectivity index (χ3v) is 3.20. The van der Waals surface area contributed by atoms with Gasteiger partial charge in [0.15, 0.2) is 5.78 Å². The van der Waals surface area contributed by atoms with Gasteiger partial charge in [-0.25, -0.2) is 0 Å². The highest BCUT2D eigenvalue weighted by molar-refractivity contribution is 5.99. The number of hydrogen-bond donors (Lipinski definition) is 0. The molecule has 1 heterocycles. The van der Waals surface area contributed by atoms with Gasteiger partial charge in [-0.05, 0) is 45.7 Å². The van der Waals surface area contributed by atoms with Gasteiger partial charge in [0, 0.05) is 12.5 Å². The molecule has 1 aromatic carbocycles. The number of Topliss-reactive ketones (excluding diaryl/α,β-unsaturated/α-hetero) is 1. The molecule has 0 aliphatic carbocycles. The summed E-state index contributed by atoms with van der Waals surface area (Å²) in [6.45, 7) is 7.73. The minimum Gasteiger partial charge on any atom is -0.493 e. The number of ketones is 1. The maximum atomic E-state index is 12.0. The van der Waals surface area contributed by atoms with Crippen molar-refractivity contribution >= 4 is 11.8 Å². The minimum absolute atomic E-state index is 0.0781. The Labute approximate surface area is 119 Å². The lowest BCUT2D eigenvalue weighted by atomic mass is 9.97. The Kier molecular flexibility index (Phi) is 3.84. The van der Waals surface area contributed by atoms with E-state index in [2.05, 4.69) is 0 Å². The van der Waals surface area contributed by atoms with E-state index in [0.717, 1.165) is 5.56 Å². The van der Waals surface area contributed by atoms with Crippen molar-refractivity contribution < 1.29 is 19.1 Å². The molecule has 0 amide bonds. The summed E-state index contributed by atoms with van der Waals surface area (Å²) >= 11 is 0. The van der Waals surface area contributed by atoms with Crippen LogP contribution in [0.4, 0.5) is 0 Å². The Morgan fingerprint density at radius 2 is 2.00 bits per heavy atom. The maximum Gasteiger partial charge on any atom is 0.316 e. The fourth-order valence-electron chi connectivity index (χ4n) is 1.92. The summed E-state index contributed by atoms with van der Waals surface area (Å²) in [5, 5.41) is 0. The zero-order valence-corrected chi connectivity index (χ0v) is 12.4. The van der Waals surface area contributed by atoms with Gasteiger partial charge in [0.2, 0.25) is 0 Å². The van der Waals surface area contributed by atoms with Crippen molar-refractivity contribution in [2.45, 2.75) is 40.5 Å². The van der Waals surface area contributed by atoms with Crippen molar-refractivity contribution in [3.8, 4) is 11.5 Å². The SMILES string of the molecule is Cc1cc2c(cc1OC(=O)C(C)(C)C)OCCCC2=O. The van der Waals surface area contributed by atoms with Crippen LogP contribution in [0.5, 0.6) is 11.5 Å². The average molecular weight is 276 g/mol. The fourth-order valence-corrected chi connectivity index (χ4v) is 1.92. The normalized spacial score (nSPS) is 15.1. The molecule has 0 spiro atoms. The molecular formula is C16H20O4. The number of benzene rings is 1. The molecule has 0 fully saturated rings. The van der Waals surface area contributed by atoms with Crippen LogP contribution in [0.15, 0.2) is 12.1 Å². The number of aryl methyl sites for hydroxylation is 1. The lowest BCUT2D eigenvalue weighted by Gasteiger charge is -2.18.